The number of unbranched alkanes of at least 4 members (excludes halogenated alkanes) is 1. The molecular weight excluding hydrogens is 294 g/mol. The number of benzene rings is 1. The summed E-state index contributed by atoms with van der Waals surface area (Å²) < 4.78 is 15.7. The van der Waals surface area contributed by atoms with E-state index in [1.807, 2.05) is 13.0 Å². The van der Waals surface area contributed by atoms with Gasteiger partial charge >= 0.3 is 5.97 Å². The van der Waals surface area contributed by atoms with Crippen LogP contribution in [0.25, 0.3) is 0 Å². The Kier molecular flexibility index (Phi) is 6.71. The van der Waals surface area contributed by atoms with E-state index in [1.165, 1.54) is 5.56 Å². The van der Waals surface area contributed by atoms with E-state index in [4.69, 9.17) is 14.2 Å². The highest BCUT2D eigenvalue weighted by atomic mass is 16.7. The van der Waals surface area contributed by atoms with E-state index < -0.39 is 0 Å². The minimum atomic E-state index is -0.0939. The van der Waals surface area contributed by atoms with Crippen LogP contribution in [-0.4, -0.2) is 43.9 Å². The Morgan fingerprint density at radius 1 is 1.30 bits per heavy atom. The van der Waals surface area contributed by atoms with Gasteiger partial charge in [-0.25, -0.2) is 0 Å². The highest BCUT2D eigenvalue weighted by Crippen LogP contribution is 2.32. The van der Waals surface area contributed by atoms with Gasteiger partial charge in [0, 0.05) is 12.5 Å². The van der Waals surface area contributed by atoms with Gasteiger partial charge in [-0.2, -0.15) is 0 Å². The molecule has 0 N–H and O–H groups in total. The van der Waals surface area contributed by atoms with E-state index in [2.05, 4.69) is 31.0 Å². The van der Waals surface area contributed by atoms with Crippen molar-refractivity contribution in [2.24, 2.45) is 0 Å². The van der Waals surface area contributed by atoms with Crippen molar-refractivity contribution in [3.63, 3.8) is 0 Å². The van der Waals surface area contributed by atoms with Crippen LogP contribution in [0.4, 0.5) is 0 Å². The molecule has 128 valence electrons. The van der Waals surface area contributed by atoms with E-state index in [0.29, 0.717) is 25.9 Å². The normalized spacial score (nSPS) is 14.1. The first-order valence-corrected chi connectivity index (χ1v) is 8.34. The van der Waals surface area contributed by atoms with Crippen LogP contribution in [-0.2, 0) is 16.0 Å². The number of hydrogen-bond acceptors (Lipinski definition) is 5. The summed E-state index contributed by atoms with van der Waals surface area (Å²) in [6.07, 6.45) is 3.35. The lowest BCUT2D eigenvalue weighted by molar-refractivity contribution is -0.143. The maximum absolute atomic E-state index is 11.3. The molecule has 1 aromatic rings. The van der Waals surface area contributed by atoms with E-state index >= 15 is 0 Å². The molecule has 0 aromatic heterocycles. The minimum absolute atomic E-state index is 0.0939. The van der Waals surface area contributed by atoms with Gasteiger partial charge in [-0.1, -0.05) is 6.07 Å². The van der Waals surface area contributed by atoms with Crippen LogP contribution in [0.1, 0.15) is 38.7 Å². The van der Waals surface area contributed by atoms with Crippen molar-refractivity contribution in [2.45, 2.75) is 45.6 Å². The van der Waals surface area contributed by atoms with Crippen LogP contribution >= 0.6 is 0 Å². The molecule has 0 saturated carbocycles. The Hall–Kier alpha value is -1.75. The molecule has 2 rings (SSSR count). The zero-order valence-corrected chi connectivity index (χ0v) is 14.3. The predicted octanol–water partition coefficient (Wildman–Crippen LogP) is 3.01. The lowest BCUT2D eigenvalue weighted by Crippen LogP contribution is -2.31. The van der Waals surface area contributed by atoms with Crippen molar-refractivity contribution < 1.29 is 19.0 Å². The molecule has 5 heteroatoms. The summed E-state index contributed by atoms with van der Waals surface area (Å²) in [5, 5.41) is 0. The Bertz CT molecular complexity index is 518. The van der Waals surface area contributed by atoms with Crippen molar-refractivity contribution in [2.75, 3.05) is 27.0 Å². The summed E-state index contributed by atoms with van der Waals surface area (Å²) in [7, 11) is 2.13. The highest BCUT2D eigenvalue weighted by Gasteiger charge is 2.15. The average Bonchev–Trinajstić information content (AvgIpc) is 2.99. The van der Waals surface area contributed by atoms with Gasteiger partial charge in [-0.15, -0.1) is 0 Å². The average molecular weight is 321 g/mol. The van der Waals surface area contributed by atoms with Gasteiger partial charge in [0.25, 0.3) is 0 Å². The summed E-state index contributed by atoms with van der Waals surface area (Å²) in [4.78, 5) is 13.6. The molecule has 1 atom stereocenters. The third-order valence-electron chi connectivity index (χ3n) is 4.17. The van der Waals surface area contributed by atoms with Crippen LogP contribution in [0.3, 0.4) is 0 Å². The number of likely N-dealkylation sites (N-methyl/N-ethyl adjacent to an activating group) is 1. The molecule has 0 bridgehead atoms. The van der Waals surface area contributed by atoms with Gasteiger partial charge in [-0.05, 0) is 64.4 Å². The molecule has 0 saturated heterocycles. The van der Waals surface area contributed by atoms with Crippen LogP contribution < -0.4 is 9.47 Å². The highest BCUT2D eigenvalue weighted by molar-refractivity contribution is 5.69. The van der Waals surface area contributed by atoms with Crippen LogP contribution in [0.2, 0.25) is 0 Å². The number of ether oxygens (including phenoxy) is 3. The Morgan fingerprint density at radius 2 is 2.09 bits per heavy atom. The molecule has 1 aromatic carbocycles. The Balaban J connectivity index is 1.70. The molecule has 0 fully saturated rings. The smallest absolute Gasteiger partial charge is 0.305 e. The molecule has 23 heavy (non-hydrogen) atoms. The first kappa shape index (κ1) is 17.6. The standard InChI is InChI=1S/C18H27NO4/c1-4-21-18(20)7-5-6-10-19(3)14(2)11-15-8-9-16-17(12-15)23-13-22-16/h8-9,12,14H,4-7,10-11,13H2,1-3H3. The van der Waals surface area contributed by atoms with Gasteiger partial charge in [0.05, 0.1) is 6.61 Å². The quantitative estimate of drug-likeness (QED) is 0.517. The second kappa shape index (κ2) is 8.77. The number of esters is 1. The lowest BCUT2D eigenvalue weighted by atomic mass is 10.1. The van der Waals surface area contributed by atoms with Crippen LogP contribution in [0.5, 0.6) is 11.5 Å². The van der Waals surface area contributed by atoms with E-state index in [9.17, 15) is 4.79 Å². The van der Waals surface area contributed by atoms with E-state index in [1.54, 1.807) is 0 Å². The number of carbonyl (C=O) groups excluding carboxylic acids is 1. The van der Waals surface area contributed by atoms with Crippen molar-refractivity contribution in [1.82, 2.24) is 4.90 Å². The molecule has 1 aliphatic heterocycles. The third-order valence-corrected chi connectivity index (χ3v) is 4.17. The number of fused-ring (bicyclic) bond motifs is 1. The summed E-state index contributed by atoms with van der Waals surface area (Å²) in [6, 6.07) is 6.56. The van der Waals surface area contributed by atoms with Gasteiger partial charge in [0.15, 0.2) is 11.5 Å². The number of carbonyl (C=O) groups is 1. The Morgan fingerprint density at radius 3 is 2.87 bits per heavy atom. The molecule has 0 aliphatic carbocycles. The minimum Gasteiger partial charge on any atom is -0.466 e. The monoisotopic (exact) mass is 321 g/mol. The molecule has 0 spiro atoms. The topological polar surface area (TPSA) is 48.0 Å². The fraction of sp³-hybridized carbons (Fsp3) is 0.611. The maximum Gasteiger partial charge on any atom is 0.305 e. The fourth-order valence-corrected chi connectivity index (χ4v) is 2.65. The fourth-order valence-electron chi connectivity index (χ4n) is 2.65. The second-order valence-corrected chi connectivity index (χ2v) is 5.98. The van der Waals surface area contributed by atoms with Gasteiger partial charge in [0.1, 0.15) is 0 Å². The van der Waals surface area contributed by atoms with Crippen LogP contribution in [0, 0.1) is 0 Å². The molecule has 1 heterocycles. The van der Waals surface area contributed by atoms with Gasteiger partial charge in [-0.3, -0.25) is 4.79 Å². The maximum atomic E-state index is 11.3. The lowest BCUT2D eigenvalue weighted by Gasteiger charge is -2.24. The van der Waals surface area contributed by atoms with E-state index in [-0.39, 0.29) is 5.97 Å². The number of rotatable bonds is 9. The van der Waals surface area contributed by atoms with Gasteiger partial charge < -0.3 is 19.1 Å². The molecule has 0 radical (unpaired) electrons. The number of nitrogens with zero attached hydrogens (tertiary/aromatic N) is 1. The Labute approximate surface area is 138 Å². The second-order valence-electron chi connectivity index (χ2n) is 5.98. The zero-order chi connectivity index (χ0) is 16.7. The summed E-state index contributed by atoms with van der Waals surface area (Å²) in [5.41, 5.74) is 1.25. The molecule has 0 amide bonds. The first-order valence-electron chi connectivity index (χ1n) is 8.34. The van der Waals surface area contributed by atoms with E-state index in [0.717, 1.165) is 37.3 Å². The van der Waals surface area contributed by atoms with Crippen molar-refractivity contribution >= 4 is 5.97 Å². The molecule has 1 aliphatic rings. The zero-order valence-electron chi connectivity index (χ0n) is 14.3. The molecular formula is C18H27NO4. The number of hydrogen-bond donors (Lipinski definition) is 0. The largest absolute Gasteiger partial charge is 0.466 e. The summed E-state index contributed by atoms with van der Waals surface area (Å²) in [5.74, 6) is 1.57. The van der Waals surface area contributed by atoms with Crippen LogP contribution in [0.15, 0.2) is 18.2 Å². The van der Waals surface area contributed by atoms with Crippen molar-refractivity contribution in [3.05, 3.63) is 23.8 Å². The van der Waals surface area contributed by atoms with Crippen molar-refractivity contribution in [1.29, 1.82) is 0 Å². The predicted molar refractivity (Wildman–Crippen MR) is 88.8 cm³/mol. The third kappa shape index (κ3) is 5.43. The van der Waals surface area contributed by atoms with Gasteiger partial charge in [0.2, 0.25) is 6.79 Å². The van der Waals surface area contributed by atoms with Crippen molar-refractivity contribution in [3.8, 4) is 11.5 Å². The molecule has 1 unspecified atom stereocenters. The summed E-state index contributed by atoms with van der Waals surface area (Å²) in [6.45, 7) is 5.81. The summed E-state index contributed by atoms with van der Waals surface area (Å²) >= 11 is 0. The molecule has 5 nitrogen and oxygen atoms in total. The first-order chi connectivity index (χ1) is 11.1. The SMILES string of the molecule is CCOC(=O)CCCCN(C)C(C)Cc1ccc2c(c1)OCO2.